The van der Waals surface area contributed by atoms with Gasteiger partial charge in [-0.15, -0.1) is 0 Å². The van der Waals surface area contributed by atoms with Crippen LogP contribution in [-0.4, -0.2) is 62.8 Å². The fourth-order valence-corrected chi connectivity index (χ4v) is 4.76. The molecule has 0 spiro atoms. The second-order valence-electron chi connectivity index (χ2n) is 9.66. The smallest absolute Gasteiger partial charge is 0.409 e. The number of ether oxygens (including phenoxy) is 1. The Balaban J connectivity index is 1.81. The van der Waals surface area contributed by atoms with Gasteiger partial charge < -0.3 is 14.5 Å². The molecule has 1 atom stereocenters. The maximum absolute atomic E-state index is 14.7. The molecule has 11 heteroatoms. The Hall–Kier alpha value is -3.27. The molecule has 3 aromatic rings. The molecule has 4 rings (SSSR count). The third-order valence-corrected chi connectivity index (χ3v) is 6.83. The third kappa shape index (κ3) is 5.25. The molecular formula is C26H32ClFN6O3. The summed E-state index contributed by atoms with van der Waals surface area (Å²) in [6.45, 7) is 11.3. The molecule has 4 heterocycles. The molecule has 1 amide bonds. The number of unbranched alkanes of at least 4 members (excludes halogenated alkanes) is 1. The highest BCUT2D eigenvalue weighted by Gasteiger charge is 2.31. The van der Waals surface area contributed by atoms with Gasteiger partial charge in [0.2, 0.25) is 0 Å². The predicted octanol–water partition coefficient (Wildman–Crippen LogP) is 4.85. The number of piperazine rings is 1. The molecular weight excluding hydrogens is 499 g/mol. The molecule has 0 aliphatic carbocycles. The van der Waals surface area contributed by atoms with Crippen LogP contribution in [0.2, 0.25) is 5.15 Å². The first-order valence-corrected chi connectivity index (χ1v) is 12.9. The summed E-state index contributed by atoms with van der Waals surface area (Å²) < 4.78 is 21.4. The van der Waals surface area contributed by atoms with Crippen molar-refractivity contribution in [3.8, 4) is 5.69 Å². The number of pyridine rings is 2. The molecule has 0 N–H and O–H groups in total. The number of rotatable bonds is 6. The molecule has 0 saturated carbocycles. The van der Waals surface area contributed by atoms with E-state index in [9.17, 15) is 14.0 Å². The van der Waals surface area contributed by atoms with Crippen LogP contribution in [0.15, 0.2) is 23.1 Å². The molecule has 9 nitrogen and oxygen atoms in total. The summed E-state index contributed by atoms with van der Waals surface area (Å²) in [5.74, 6) is -0.392. The lowest BCUT2D eigenvalue weighted by molar-refractivity contribution is 0.0944. The summed E-state index contributed by atoms with van der Waals surface area (Å²) in [7, 11) is 0. The van der Waals surface area contributed by atoms with Gasteiger partial charge in [0.15, 0.2) is 16.6 Å². The molecule has 1 unspecified atom stereocenters. The second kappa shape index (κ2) is 11.0. The quantitative estimate of drug-likeness (QED) is 0.332. The van der Waals surface area contributed by atoms with Crippen molar-refractivity contribution in [1.29, 1.82) is 0 Å². The Morgan fingerprint density at radius 2 is 2.05 bits per heavy atom. The van der Waals surface area contributed by atoms with Crippen molar-refractivity contribution in [1.82, 2.24) is 24.4 Å². The first-order valence-electron chi connectivity index (χ1n) is 12.6. The van der Waals surface area contributed by atoms with Gasteiger partial charge in [0.05, 0.1) is 23.4 Å². The predicted molar refractivity (Wildman–Crippen MR) is 141 cm³/mol. The lowest BCUT2D eigenvalue weighted by atomic mass is 10.0. The van der Waals surface area contributed by atoms with Crippen LogP contribution in [0.4, 0.5) is 15.0 Å². The number of nitrogens with zero attached hydrogens (tertiary/aromatic N) is 6. The van der Waals surface area contributed by atoms with E-state index in [2.05, 4.69) is 15.0 Å². The average Bonchev–Trinajstić information content (AvgIpc) is 2.85. The van der Waals surface area contributed by atoms with E-state index < -0.39 is 11.5 Å². The number of halogens is 2. The van der Waals surface area contributed by atoms with E-state index in [0.29, 0.717) is 48.8 Å². The zero-order chi connectivity index (χ0) is 26.9. The van der Waals surface area contributed by atoms with Crippen molar-refractivity contribution in [3.05, 3.63) is 51.0 Å². The first-order chi connectivity index (χ1) is 17.6. The van der Waals surface area contributed by atoms with Crippen LogP contribution < -0.4 is 10.6 Å². The van der Waals surface area contributed by atoms with Crippen molar-refractivity contribution in [2.45, 2.75) is 59.4 Å². The van der Waals surface area contributed by atoms with E-state index in [1.165, 1.54) is 10.6 Å². The van der Waals surface area contributed by atoms with E-state index in [1.807, 2.05) is 39.5 Å². The highest BCUT2D eigenvalue weighted by atomic mass is 35.5. The number of amides is 1. The summed E-state index contributed by atoms with van der Waals surface area (Å²) in [5.41, 5.74) is 1.71. The standard InChI is InChI=1S/C26H32ClFN6O3/c1-6-7-12-37-26(36)32-10-11-33(17(5)14-32)23-18-13-19(28)22(27)30-24(18)34(25(35)31-23)21-16(4)8-9-29-20(21)15(2)3/h8-9,13,15,17H,6-7,10-12,14H2,1-5H3. The van der Waals surface area contributed by atoms with E-state index in [4.69, 9.17) is 16.3 Å². The molecule has 1 aliphatic rings. The number of aryl methyl sites for hydroxylation is 1. The summed E-state index contributed by atoms with van der Waals surface area (Å²) >= 11 is 6.11. The fraction of sp³-hybridized carbons (Fsp3) is 0.500. The summed E-state index contributed by atoms with van der Waals surface area (Å²) in [4.78, 5) is 42.8. The SMILES string of the molecule is CCCCOC(=O)N1CCN(c2nc(=O)n(-c3c(C)ccnc3C(C)C)c3nc(Cl)c(F)cc23)C(C)C1. The van der Waals surface area contributed by atoms with Crippen LogP contribution in [0.5, 0.6) is 0 Å². The minimum absolute atomic E-state index is 0.0117. The molecule has 1 saturated heterocycles. The van der Waals surface area contributed by atoms with E-state index >= 15 is 0 Å². The highest BCUT2D eigenvalue weighted by molar-refractivity contribution is 6.30. The lowest BCUT2D eigenvalue weighted by Gasteiger charge is -2.40. The van der Waals surface area contributed by atoms with Gasteiger partial charge >= 0.3 is 11.8 Å². The van der Waals surface area contributed by atoms with Gasteiger partial charge in [-0.3, -0.25) is 4.98 Å². The van der Waals surface area contributed by atoms with Crippen LogP contribution >= 0.6 is 11.6 Å². The summed E-state index contributed by atoms with van der Waals surface area (Å²) in [5, 5.41) is 0.0171. The summed E-state index contributed by atoms with van der Waals surface area (Å²) in [6, 6.07) is 2.87. The number of aromatic nitrogens is 4. The van der Waals surface area contributed by atoms with Crippen molar-refractivity contribution < 1.29 is 13.9 Å². The number of hydrogen-bond acceptors (Lipinski definition) is 7. The van der Waals surface area contributed by atoms with Crippen LogP contribution in [-0.2, 0) is 4.74 Å². The molecule has 0 bridgehead atoms. The number of carbonyl (C=O) groups is 1. The normalized spacial score (nSPS) is 16.1. The average molecular weight is 531 g/mol. The minimum atomic E-state index is -0.708. The molecule has 1 aliphatic heterocycles. The summed E-state index contributed by atoms with van der Waals surface area (Å²) in [6.07, 6.45) is 3.08. The third-order valence-electron chi connectivity index (χ3n) is 6.56. The van der Waals surface area contributed by atoms with E-state index in [1.54, 1.807) is 17.2 Å². The molecule has 1 fully saturated rings. The van der Waals surface area contributed by atoms with Gasteiger partial charge in [-0.05, 0) is 43.9 Å². The fourth-order valence-electron chi connectivity index (χ4n) is 4.62. The second-order valence-corrected chi connectivity index (χ2v) is 10.0. The lowest BCUT2D eigenvalue weighted by Crippen LogP contribution is -2.54. The van der Waals surface area contributed by atoms with Gasteiger partial charge in [-0.2, -0.15) is 4.98 Å². The number of carbonyl (C=O) groups excluding carboxylic acids is 1. The maximum Gasteiger partial charge on any atom is 0.409 e. The molecule has 3 aromatic heterocycles. The Morgan fingerprint density at radius 3 is 2.73 bits per heavy atom. The van der Waals surface area contributed by atoms with Crippen molar-refractivity contribution in [3.63, 3.8) is 0 Å². The van der Waals surface area contributed by atoms with Gasteiger partial charge in [0.25, 0.3) is 0 Å². The minimum Gasteiger partial charge on any atom is -0.449 e. The zero-order valence-corrected chi connectivity index (χ0v) is 22.5. The molecule has 198 valence electrons. The highest BCUT2D eigenvalue weighted by Crippen LogP contribution is 2.32. The van der Waals surface area contributed by atoms with Gasteiger partial charge in [-0.1, -0.05) is 38.8 Å². The van der Waals surface area contributed by atoms with Crippen LogP contribution in [0, 0.1) is 12.7 Å². The molecule has 0 radical (unpaired) electrons. The van der Waals surface area contributed by atoms with Gasteiger partial charge in [0, 0.05) is 31.9 Å². The largest absolute Gasteiger partial charge is 0.449 e. The Kier molecular flexibility index (Phi) is 7.96. The van der Waals surface area contributed by atoms with Gasteiger partial charge in [0.1, 0.15) is 5.82 Å². The molecule has 37 heavy (non-hydrogen) atoms. The number of anilines is 1. The van der Waals surface area contributed by atoms with E-state index in [0.717, 1.165) is 18.4 Å². The van der Waals surface area contributed by atoms with Crippen LogP contribution in [0.25, 0.3) is 16.7 Å². The number of fused-ring (bicyclic) bond motifs is 1. The Bertz CT molecular complexity index is 1380. The topological polar surface area (TPSA) is 93.5 Å². The van der Waals surface area contributed by atoms with Crippen LogP contribution in [0.3, 0.4) is 0 Å². The number of hydrogen-bond donors (Lipinski definition) is 0. The maximum atomic E-state index is 14.7. The van der Waals surface area contributed by atoms with Gasteiger partial charge in [-0.25, -0.2) is 23.5 Å². The first kappa shape index (κ1) is 26.8. The zero-order valence-electron chi connectivity index (χ0n) is 21.8. The van der Waals surface area contributed by atoms with Crippen molar-refractivity contribution in [2.75, 3.05) is 31.1 Å². The monoisotopic (exact) mass is 530 g/mol. The Morgan fingerprint density at radius 1 is 1.30 bits per heavy atom. The molecule has 0 aromatic carbocycles. The Labute approximate surface area is 220 Å². The van der Waals surface area contributed by atoms with Crippen LogP contribution in [0.1, 0.15) is 57.7 Å². The van der Waals surface area contributed by atoms with Crippen molar-refractivity contribution in [2.24, 2.45) is 0 Å². The van der Waals surface area contributed by atoms with Crippen molar-refractivity contribution >= 4 is 34.5 Å². The van der Waals surface area contributed by atoms with E-state index in [-0.39, 0.29) is 28.9 Å².